The quantitative estimate of drug-likeness (QED) is 0.770. The second-order valence-corrected chi connectivity index (χ2v) is 5.90. The van der Waals surface area contributed by atoms with Gasteiger partial charge in [0.15, 0.2) is 0 Å². The summed E-state index contributed by atoms with van der Waals surface area (Å²) in [5.74, 6) is 1.03. The molecule has 1 heterocycles. The van der Waals surface area contributed by atoms with Crippen LogP contribution in [0.25, 0.3) is 0 Å². The third-order valence-corrected chi connectivity index (χ3v) is 4.35. The van der Waals surface area contributed by atoms with Gasteiger partial charge in [0, 0.05) is 6.42 Å². The highest BCUT2D eigenvalue weighted by Gasteiger charge is 2.17. The van der Waals surface area contributed by atoms with Crippen LogP contribution in [0.5, 0.6) is 0 Å². The average Bonchev–Trinajstić information content (AvgIpc) is 2.64. The van der Waals surface area contributed by atoms with Crippen molar-refractivity contribution in [3.05, 3.63) is 35.4 Å². The topological polar surface area (TPSA) is 20.3 Å². The van der Waals surface area contributed by atoms with Crippen molar-refractivity contribution in [2.45, 2.75) is 44.4 Å². The first kappa shape index (κ1) is 14.3. The Labute approximate surface area is 116 Å². The van der Waals surface area contributed by atoms with E-state index in [4.69, 9.17) is 0 Å². The fraction of sp³-hybridized carbons (Fsp3) is 0.588. The van der Waals surface area contributed by atoms with Crippen LogP contribution in [0.3, 0.4) is 0 Å². The summed E-state index contributed by atoms with van der Waals surface area (Å²) in [6, 6.07) is 8.89. The van der Waals surface area contributed by atoms with Gasteiger partial charge in [-0.25, -0.2) is 0 Å². The van der Waals surface area contributed by atoms with E-state index in [-0.39, 0.29) is 0 Å². The van der Waals surface area contributed by atoms with Gasteiger partial charge in [-0.15, -0.1) is 0 Å². The Hall–Kier alpha value is -1.15. The molecule has 2 atom stereocenters. The molecule has 0 N–H and O–H groups in total. The number of benzene rings is 1. The van der Waals surface area contributed by atoms with E-state index in [2.05, 4.69) is 43.1 Å². The molecule has 2 unspecified atom stereocenters. The van der Waals surface area contributed by atoms with Crippen LogP contribution in [0, 0.1) is 0 Å². The maximum absolute atomic E-state index is 10.7. The van der Waals surface area contributed by atoms with Gasteiger partial charge in [-0.1, -0.05) is 31.2 Å². The van der Waals surface area contributed by atoms with E-state index in [1.54, 1.807) is 0 Å². The number of rotatable bonds is 4. The Morgan fingerprint density at radius 2 is 2.21 bits per heavy atom. The number of hydrogen-bond donors (Lipinski definition) is 0. The molecule has 0 aliphatic carbocycles. The molecule has 1 saturated heterocycles. The monoisotopic (exact) mass is 259 g/mol. The molecule has 1 fully saturated rings. The minimum atomic E-state index is 0.339. The third kappa shape index (κ3) is 3.90. The molecule has 2 rings (SSSR count). The number of aldehydes is 1. The van der Waals surface area contributed by atoms with Crippen LogP contribution >= 0.6 is 0 Å². The third-order valence-electron chi connectivity index (χ3n) is 4.35. The molecule has 0 saturated carbocycles. The second kappa shape index (κ2) is 6.85. The van der Waals surface area contributed by atoms with Crippen molar-refractivity contribution >= 4 is 6.29 Å². The van der Waals surface area contributed by atoms with E-state index in [0.717, 1.165) is 6.29 Å². The highest BCUT2D eigenvalue weighted by Crippen LogP contribution is 2.30. The summed E-state index contributed by atoms with van der Waals surface area (Å²) in [6.07, 6.45) is 5.47. The number of nitrogens with zero attached hydrogens (tertiary/aromatic N) is 1. The molecular weight excluding hydrogens is 234 g/mol. The minimum Gasteiger partial charge on any atom is -0.306 e. The molecular formula is C17H25NO. The molecule has 1 aromatic carbocycles. The van der Waals surface area contributed by atoms with Crippen molar-refractivity contribution in [1.29, 1.82) is 0 Å². The molecule has 2 heteroatoms. The molecule has 1 aliphatic heterocycles. The minimum absolute atomic E-state index is 0.339. The molecule has 0 aromatic heterocycles. The van der Waals surface area contributed by atoms with Gasteiger partial charge >= 0.3 is 0 Å². The summed E-state index contributed by atoms with van der Waals surface area (Å²) in [5.41, 5.74) is 2.77. The predicted molar refractivity (Wildman–Crippen MR) is 79.6 cm³/mol. The lowest BCUT2D eigenvalue weighted by atomic mass is 9.88. The summed E-state index contributed by atoms with van der Waals surface area (Å²) >= 11 is 0. The first-order valence-corrected chi connectivity index (χ1v) is 7.42. The zero-order chi connectivity index (χ0) is 13.7. The lowest BCUT2D eigenvalue weighted by Gasteiger charge is -2.17. The summed E-state index contributed by atoms with van der Waals surface area (Å²) in [6.45, 7) is 4.55. The van der Waals surface area contributed by atoms with Gasteiger partial charge in [0.2, 0.25) is 0 Å². The molecule has 1 aromatic rings. The first-order valence-electron chi connectivity index (χ1n) is 7.42. The van der Waals surface area contributed by atoms with Crippen LogP contribution in [-0.4, -0.2) is 31.3 Å². The summed E-state index contributed by atoms with van der Waals surface area (Å²) in [4.78, 5) is 13.1. The summed E-state index contributed by atoms with van der Waals surface area (Å²) in [5, 5.41) is 0. The Bertz CT molecular complexity index is 415. The van der Waals surface area contributed by atoms with Crippen molar-refractivity contribution < 1.29 is 4.79 Å². The van der Waals surface area contributed by atoms with E-state index in [1.165, 1.54) is 43.5 Å². The van der Waals surface area contributed by atoms with Crippen molar-refractivity contribution in [2.24, 2.45) is 0 Å². The van der Waals surface area contributed by atoms with Gasteiger partial charge in [0.25, 0.3) is 0 Å². The molecule has 0 amide bonds. The number of carbonyl (C=O) groups excluding carboxylic acids is 1. The standard InChI is InChI=1S/C17H25NO/c1-14(9-12-19)16-5-3-6-17(13-16)15-7-4-10-18(2)11-8-15/h3,5-6,12-15H,4,7-11H2,1-2H3. The van der Waals surface area contributed by atoms with Gasteiger partial charge in [0.1, 0.15) is 6.29 Å². The van der Waals surface area contributed by atoms with Crippen molar-refractivity contribution in [3.63, 3.8) is 0 Å². The maximum Gasteiger partial charge on any atom is 0.120 e. The van der Waals surface area contributed by atoms with Gasteiger partial charge in [-0.2, -0.15) is 0 Å². The van der Waals surface area contributed by atoms with Crippen LogP contribution in [0.4, 0.5) is 0 Å². The van der Waals surface area contributed by atoms with Crippen LogP contribution in [0.15, 0.2) is 24.3 Å². The van der Waals surface area contributed by atoms with E-state index in [1.807, 2.05) is 0 Å². The fourth-order valence-electron chi connectivity index (χ4n) is 2.97. The van der Waals surface area contributed by atoms with Crippen LogP contribution in [0.1, 0.15) is 55.6 Å². The SMILES string of the molecule is CC(CC=O)c1cccc(C2CCCN(C)CC2)c1. The zero-order valence-electron chi connectivity index (χ0n) is 12.1. The number of hydrogen-bond acceptors (Lipinski definition) is 2. The Morgan fingerprint density at radius 3 is 3.00 bits per heavy atom. The molecule has 19 heavy (non-hydrogen) atoms. The number of carbonyl (C=O) groups is 1. The molecule has 1 aliphatic rings. The zero-order valence-corrected chi connectivity index (χ0v) is 12.1. The molecule has 0 radical (unpaired) electrons. The predicted octanol–water partition coefficient (Wildman–Crippen LogP) is 3.58. The highest BCUT2D eigenvalue weighted by atomic mass is 16.1. The summed E-state index contributed by atoms with van der Waals surface area (Å²) < 4.78 is 0. The van der Waals surface area contributed by atoms with Crippen LogP contribution in [0.2, 0.25) is 0 Å². The normalized spacial score (nSPS) is 22.7. The highest BCUT2D eigenvalue weighted by molar-refractivity contribution is 5.51. The van der Waals surface area contributed by atoms with Gasteiger partial charge in [-0.05, 0) is 62.4 Å². The van der Waals surface area contributed by atoms with E-state index >= 15 is 0 Å². The number of likely N-dealkylation sites (tertiary alicyclic amines) is 1. The van der Waals surface area contributed by atoms with Crippen molar-refractivity contribution in [2.75, 3.05) is 20.1 Å². The molecule has 104 valence electrons. The lowest BCUT2D eigenvalue weighted by Crippen LogP contribution is -2.18. The largest absolute Gasteiger partial charge is 0.306 e. The van der Waals surface area contributed by atoms with Crippen LogP contribution in [-0.2, 0) is 4.79 Å². The molecule has 0 spiro atoms. The molecule has 2 nitrogen and oxygen atoms in total. The van der Waals surface area contributed by atoms with E-state index < -0.39 is 0 Å². The van der Waals surface area contributed by atoms with E-state index in [0.29, 0.717) is 18.3 Å². The van der Waals surface area contributed by atoms with Gasteiger partial charge < -0.3 is 9.69 Å². The van der Waals surface area contributed by atoms with Crippen molar-refractivity contribution in [1.82, 2.24) is 4.90 Å². The Kier molecular flexibility index (Phi) is 5.15. The lowest BCUT2D eigenvalue weighted by molar-refractivity contribution is -0.108. The van der Waals surface area contributed by atoms with Crippen molar-refractivity contribution in [3.8, 4) is 0 Å². The first-order chi connectivity index (χ1) is 9.20. The Morgan fingerprint density at radius 1 is 1.37 bits per heavy atom. The van der Waals surface area contributed by atoms with E-state index in [9.17, 15) is 4.79 Å². The maximum atomic E-state index is 10.7. The van der Waals surface area contributed by atoms with Crippen LogP contribution < -0.4 is 0 Å². The average molecular weight is 259 g/mol. The summed E-state index contributed by atoms with van der Waals surface area (Å²) in [7, 11) is 2.21. The molecule has 0 bridgehead atoms. The smallest absolute Gasteiger partial charge is 0.120 e. The second-order valence-electron chi connectivity index (χ2n) is 5.90. The Balaban J connectivity index is 2.11. The van der Waals surface area contributed by atoms with Gasteiger partial charge in [-0.3, -0.25) is 0 Å². The van der Waals surface area contributed by atoms with Gasteiger partial charge in [0.05, 0.1) is 0 Å². The fourth-order valence-corrected chi connectivity index (χ4v) is 2.97.